The van der Waals surface area contributed by atoms with E-state index in [4.69, 9.17) is 4.74 Å². The molecule has 0 aromatic heterocycles. The first-order valence-corrected chi connectivity index (χ1v) is 9.70. The topological polar surface area (TPSA) is 63.7 Å². The second-order valence-electron chi connectivity index (χ2n) is 6.66. The van der Waals surface area contributed by atoms with Crippen LogP contribution in [0, 0.1) is 13.8 Å². The lowest BCUT2D eigenvalue weighted by Gasteiger charge is -2.20. The van der Waals surface area contributed by atoms with Gasteiger partial charge in [-0.15, -0.1) is 0 Å². The normalized spacial score (nSPS) is 17.1. The Bertz CT molecular complexity index is 977. The van der Waals surface area contributed by atoms with Gasteiger partial charge in [-0.1, -0.05) is 23.8 Å². The molecule has 2 heterocycles. The molecule has 0 saturated heterocycles. The number of sulfonamides is 1. The van der Waals surface area contributed by atoms with Gasteiger partial charge in [0, 0.05) is 19.5 Å². The first kappa shape index (κ1) is 16.3. The molecule has 2 aromatic carbocycles. The van der Waals surface area contributed by atoms with Crippen LogP contribution < -0.4 is 0 Å². The van der Waals surface area contributed by atoms with Crippen molar-refractivity contribution in [2.75, 3.05) is 6.61 Å². The molecule has 25 heavy (non-hydrogen) atoms. The van der Waals surface area contributed by atoms with Crippen LogP contribution in [-0.2, 0) is 34.3 Å². The number of hydrogen-bond donors (Lipinski definition) is 0. The molecule has 0 saturated carbocycles. The molecule has 130 valence electrons. The fourth-order valence-electron chi connectivity index (χ4n) is 3.61. The maximum atomic E-state index is 13.0. The molecule has 0 unspecified atom stereocenters. The monoisotopic (exact) mass is 357 g/mol. The number of aryl methyl sites for hydroxylation is 2. The minimum Gasteiger partial charge on any atom is -0.462 e. The molecule has 2 aliphatic heterocycles. The number of ether oxygens (including phenoxy) is 1. The summed E-state index contributed by atoms with van der Waals surface area (Å²) in [5.41, 5.74) is 5.29. The van der Waals surface area contributed by atoms with Crippen molar-refractivity contribution in [3.05, 3.63) is 63.7 Å². The van der Waals surface area contributed by atoms with Crippen molar-refractivity contribution in [1.82, 2.24) is 4.31 Å². The van der Waals surface area contributed by atoms with Crippen LogP contribution in [0.1, 0.15) is 38.2 Å². The van der Waals surface area contributed by atoms with Gasteiger partial charge in [-0.3, -0.25) is 0 Å². The molecule has 2 aromatic rings. The van der Waals surface area contributed by atoms with Gasteiger partial charge >= 0.3 is 5.97 Å². The number of carbonyl (C=O) groups excluding carboxylic acids is 1. The van der Waals surface area contributed by atoms with E-state index in [0.29, 0.717) is 18.6 Å². The molecule has 0 spiro atoms. The first-order valence-electron chi connectivity index (χ1n) is 8.26. The van der Waals surface area contributed by atoms with Gasteiger partial charge in [0.05, 0.1) is 17.1 Å². The summed E-state index contributed by atoms with van der Waals surface area (Å²) >= 11 is 0. The van der Waals surface area contributed by atoms with Crippen molar-refractivity contribution in [2.24, 2.45) is 0 Å². The molecule has 6 heteroatoms. The van der Waals surface area contributed by atoms with Crippen molar-refractivity contribution >= 4 is 16.0 Å². The molecule has 0 radical (unpaired) electrons. The van der Waals surface area contributed by atoms with Crippen molar-refractivity contribution < 1.29 is 17.9 Å². The quantitative estimate of drug-likeness (QED) is 0.775. The number of carbonyl (C=O) groups is 1. The highest BCUT2D eigenvalue weighted by Crippen LogP contribution is 2.36. The lowest BCUT2D eigenvalue weighted by Crippen LogP contribution is -2.26. The van der Waals surface area contributed by atoms with Crippen molar-refractivity contribution in [3.8, 4) is 0 Å². The predicted octanol–water partition coefficient (Wildman–Crippen LogP) is 2.72. The maximum absolute atomic E-state index is 13.0. The lowest BCUT2D eigenvalue weighted by atomic mass is 9.91. The summed E-state index contributed by atoms with van der Waals surface area (Å²) in [5.74, 6) is -0.341. The van der Waals surface area contributed by atoms with E-state index < -0.39 is 10.0 Å². The van der Waals surface area contributed by atoms with E-state index in [2.05, 4.69) is 0 Å². The number of cyclic esters (lactones) is 1. The van der Waals surface area contributed by atoms with Gasteiger partial charge in [-0.25, -0.2) is 13.2 Å². The van der Waals surface area contributed by atoms with Crippen LogP contribution >= 0.6 is 0 Å². The average molecular weight is 357 g/mol. The SMILES string of the molecule is Cc1ccc(S(=O)(=O)N2Cc3c(C)cc4c(c3C2)C(=O)OCC4)cc1. The van der Waals surface area contributed by atoms with Gasteiger partial charge in [-0.05, 0) is 48.2 Å². The minimum absolute atomic E-state index is 0.213. The number of rotatable bonds is 2. The van der Waals surface area contributed by atoms with Crippen LogP contribution in [0.4, 0.5) is 0 Å². The van der Waals surface area contributed by atoms with Gasteiger partial charge < -0.3 is 4.74 Å². The Morgan fingerprint density at radius 3 is 2.44 bits per heavy atom. The van der Waals surface area contributed by atoms with E-state index in [-0.39, 0.29) is 24.0 Å². The molecule has 2 aliphatic rings. The molecule has 0 N–H and O–H groups in total. The molecule has 0 bridgehead atoms. The van der Waals surface area contributed by atoms with E-state index in [1.807, 2.05) is 19.9 Å². The fraction of sp³-hybridized carbons (Fsp3) is 0.316. The molecule has 0 amide bonds. The first-order chi connectivity index (χ1) is 11.9. The highest BCUT2D eigenvalue weighted by atomic mass is 32.2. The summed E-state index contributed by atoms with van der Waals surface area (Å²) in [6.45, 7) is 4.78. The molecule has 0 fully saturated rings. The Kier molecular flexibility index (Phi) is 3.70. The number of esters is 1. The zero-order valence-electron chi connectivity index (χ0n) is 14.2. The molecule has 5 nitrogen and oxygen atoms in total. The minimum atomic E-state index is -3.60. The molecule has 0 aliphatic carbocycles. The summed E-state index contributed by atoms with van der Waals surface area (Å²) in [6, 6.07) is 8.84. The third-order valence-corrected chi connectivity index (χ3v) is 6.80. The Morgan fingerprint density at radius 1 is 1.04 bits per heavy atom. The zero-order chi connectivity index (χ0) is 17.8. The van der Waals surface area contributed by atoms with E-state index in [9.17, 15) is 13.2 Å². The van der Waals surface area contributed by atoms with E-state index >= 15 is 0 Å². The Hall–Kier alpha value is -2.18. The van der Waals surface area contributed by atoms with Crippen molar-refractivity contribution in [1.29, 1.82) is 0 Å². The Balaban J connectivity index is 1.76. The highest BCUT2D eigenvalue weighted by Gasteiger charge is 2.36. The van der Waals surface area contributed by atoms with Gasteiger partial charge in [0.15, 0.2) is 0 Å². The van der Waals surface area contributed by atoms with Gasteiger partial charge in [0.1, 0.15) is 0 Å². The Labute approximate surface area is 147 Å². The number of benzene rings is 2. The smallest absolute Gasteiger partial charge is 0.338 e. The summed E-state index contributed by atoms with van der Waals surface area (Å²) in [5, 5.41) is 0. The molecule has 4 rings (SSSR count). The number of fused-ring (bicyclic) bond motifs is 3. The summed E-state index contributed by atoms with van der Waals surface area (Å²) in [4.78, 5) is 12.5. The van der Waals surface area contributed by atoms with E-state index in [0.717, 1.165) is 27.8 Å². The zero-order valence-corrected chi connectivity index (χ0v) is 15.0. The molecular weight excluding hydrogens is 338 g/mol. The lowest BCUT2D eigenvalue weighted by molar-refractivity contribution is 0.0478. The number of hydrogen-bond acceptors (Lipinski definition) is 4. The summed E-state index contributed by atoms with van der Waals surface area (Å²) in [7, 11) is -3.60. The Morgan fingerprint density at radius 2 is 1.72 bits per heavy atom. The largest absolute Gasteiger partial charge is 0.462 e. The van der Waals surface area contributed by atoms with Gasteiger partial charge in [-0.2, -0.15) is 4.31 Å². The third-order valence-electron chi connectivity index (χ3n) is 4.99. The van der Waals surface area contributed by atoms with Crippen LogP contribution in [0.5, 0.6) is 0 Å². The van der Waals surface area contributed by atoms with Gasteiger partial charge in [0.2, 0.25) is 10.0 Å². The van der Waals surface area contributed by atoms with Crippen molar-refractivity contribution in [3.63, 3.8) is 0 Å². The molecular formula is C19H19NO4S. The maximum Gasteiger partial charge on any atom is 0.338 e. The average Bonchev–Trinajstić information content (AvgIpc) is 3.02. The second-order valence-corrected chi connectivity index (χ2v) is 8.59. The van der Waals surface area contributed by atoms with E-state index in [1.165, 1.54) is 4.31 Å². The van der Waals surface area contributed by atoms with Crippen LogP contribution in [0.3, 0.4) is 0 Å². The van der Waals surface area contributed by atoms with Crippen molar-refractivity contribution in [2.45, 2.75) is 38.3 Å². The van der Waals surface area contributed by atoms with Crippen LogP contribution in [0.25, 0.3) is 0 Å². The van der Waals surface area contributed by atoms with E-state index in [1.54, 1.807) is 24.3 Å². The van der Waals surface area contributed by atoms with Crippen LogP contribution in [-0.4, -0.2) is 25.3 Å². The summed E-state index contributed by atoms with van der Waals surface area (Å²) in [6.07, 6.45) is 0.680. The summed E-state index contributed by atoms with van der Waals surface area (Å²) < 4.78 is 32.6. The third kappa shape index (κ3) is 2.56. The molecule has 0 atom stereocenters. The fourth-order valence-corrected chi connectivity index (χ4v) is 4.99. The standard InChI is InChI=1S/C19H19NO4S/c1-12-3-5-15(6-4-12)25(22,23)20-10-16-13(2)9-14-7-8-24-19(21)18(14)17(16)11-20/h3-6,9H,7-8,10-11H2,1-2H3. The highest BCUT2D eigenvalue weighted by molar-refractivity contribution is 7.89. The second kappa shape index (κ2) is 5.68. The number of nitrogens with zero attached hydrogens (tertiary/aromatic N) is 1. The van der Waals surface area contributed by atoms with Gasteiger partial charge in [0.25, 0.3) is 0 Å². The van der Waals surface area contributed by atoms with Crippen LogP contribution in [0.15, 0.2) is 35.2 Å². The van der Waals surface area contributed by atoms with Crippen LogP contribution in [0.2, 0.25) is 0 Å². The predicted molar refractivity (Wildman–Crippen MR) is 92.8 cm³/mol.